The van der Waals surface area contributed by atoms with Crippen LogP contribution in [0.1, 0.15) is 11.1 Å². The fraction of sp³-hybridized carbons (Fsp3) is 0.0435. The Kier molecular flexibility index (Phi) is 6.79. The molecule has 7 heteroatoms. The summed E-state index contributed by atoms with van der Waals surface area (Å²) in [5.41, 5.74) is 6.97. The van der Waals surface area contributed by atoms with Gasteiger partial charge in [-0.25, -0.2) is 4.98 Å². The van der Waals surface area contributed by atoms with Crippen LogP contribution in [-0.4, -0.2) is 11.2 Å². The highest BCUT2D eigenvalue weighted by atomic mass is 79.9. The number of rotatable bonds is 7. The molecule has 0 fully saturated rings. The van der Waals surface area contributed by atoms with Crippen molar-refractivity contribution in [1.29, 1.82) is 0 Å². The zero-order valence-corrected chi connectivity index (χ0v) is 18.9. The summed E-state index contributed by atoms with van der Waals surface area (Å²) in [5.74, 6) is 0.815. The fourth-order valence-electron chi connectivity index (χ4n) is 2.64. The third kappa shape index (κ3) is 5.69. The van der Waals surface area contributed by atoms with E-state index in [4.69, 9.17) is 16.3 Å². The molecule has 0 atom stereocenters. The van der Waals surface area contributed by atoms with Gasteiger partial charge in [-0.2, -0.15) is 5.10 Å². The second kappa shape index (κ2) is 9.89. The van der Waals surface area contributed by atoms with Gasteiger partial charge in [0.1, 0.15) is 12.4 Å². The summed E-state index contributed by atoms with van der Waals surface area (Å²) >= 11 is 10.9. The van der Waals surface area contributed by atoms with Crippen LogP contribution < -0.4 is 10.2 Å². The first-order chi connectivity index (χ1) is 14.7. The lowest BCUT2D eigenvalue weighted by Crippen LogP contribution is -1.95. The van der Waals surface area contributed by atoms with Crippen LogP contribution >= 0.6 is 38.9 Å². The Labute approximate surface area is 192 Å². The first kappa shape index (κ1) is 20.6. The summed E-state index contributed by atoms with van der Waals surface area (Å²) in [7, 11) is 0. The summed E-state index contributed by atoms with van der Waals surface area (Å²) in [6.45, 7) is 0.530. The van der Waals surface area contributed by atoms with Crippen LogP contribution in [0.25, 0.3) is 11.3 Å². The highest BCUT2D eigenvalue weighted by molar-refractivity contribution is 9.10. The zero-order valence-electron chi connectivity index (χ0n) is 15.8. The summed E-state index contributed by atoms with van der Waals surface area (Å²) in [5, 5.41) is 7.69. The maximum Gasteiger partial charge on any atom is 0.203 e. The van der Waals surface area contributed by atoms with Crippen LogP contribution in [0.3, 0.4) is 0 Å². The number of halogens is 2. The van der Waals surface area contributed by atoms with E-state index in [1.807, 2.05) is 78.2 Å². The van der Waals surface area contributed by atoms with E-state index in [1.165, 1.54) is 11.3 Å². The highest BCUT2D eigenvalue weighted by Crippen LogP contribution is 2.26. The van der Waals surface area contributed by atoms with E-state index in [-0.39, 0.29) is 0 Å². The molecule has 4 rings (SSSR count). The number of anilines is 1. The Hall–Kier alpha value is -2.67. The van der Waals surface area contributed by atoms with E-state index in [9.17, 15) is 0 Å². The van der Waals surface area contributed by atoms with Gasteiger partial charge in [0.2, 0.25) is 5.13 Å². The minimum Gasteiger partial charge on any atom is -0.489 e. The number of nitrogens with zero attached hydrogens (tertiary/aromatic N) is 2. The third-order valence-corrected chi connectivity index (χ3v) is 5.74. The number of hydrogen-bond donors (Lipinski definition) is 1. The second-order valence-corrected chi connectivity index (χ2v) is 8.61. The largest absolute Gasteiger partial charge is 0.489 e. The molecule has 1 N–H and O–H groups in total. The van der Waals surface area contributed by atoms with Crippen LogP contribution in [0.4, 0.5) is 5.13 Å². The van der Waals surface area contributed by atoms with Crippen LogP contribution in [0.15, 0.2) is 87.8 Å². The second-order valence-electron chi connectivity index (χ2n) is 6.40. The Balaban J connectivity index is 1.30. The van der Waals surface area contributed by atoms with Crippen LogP contribution in [0.2, 0.25) is 5.02 Å². The topological polar surface area (TPSA) is 46.5 Å². The van der Waals surface area contributed by atoms with Crippen LogP contribution in [0.5, 0.6) is 5.75 Å². The summed E-state index contributed by atoms with van der Waals surface area (Å²) in [4.78, 5) is 4.54. The maximum absolute atomic E-state index is 5.93. The van der Waals surface area contributed by atoms with Crippen molar-refractivity contribution < 1.29 is 4.74 Å². The van der Waals surface area contributed by atoms with Crippen molar-refractivity contribution >= 4 is 50.2 Å². The molecule has 0 aliphatic heterocycles. The van der Waals surface area contributed by atoms with Crippen molar-refractivity contribution in [2.24, 2.45) is 5.10 Å². The van der Waals surface area contributed by atoms with E-state index in [0.29, 0.717) is 11.6 Å². The number of aromatic nitrogens is 1. The smallest absolute Gasteiger partial charge is 0.203 e. The number of hydrazone groups is 1. The van der Waals surface area contributed by atoms with Gasteiger partial charge in [-0.15, -0.1) is 11.3 Å². The number of hydrogen-bond acceptors (Lipinski definition) is 5. The summed E-state index contributed by atoms with van der Waals surface area (Å²) in [6, 6.07) is 23.5. The van der Waals surface area contributed by atoms with Gasteiger partial charge in [0, 0.05) is 20.4 Å². The van der Waals surface area contributed by atoms with Gasteiger partial charge >= 0.3 is 0 Å². The maximum atomic E-state index is 5.93. The molecule has 4 aromatic rings. The van der Waals surface area contributed by atoms with E-state index in [1.54, 1.807) is 6.21 Å². The first-order valence-corrected chi connectivity index (χ1v) is 11.2. The molecule has 4 nitrogen and oxygen atoms in total. The van der Waals surface area contributed by atoms with E-state index >= 15 is 0 Å². The third-order valence-electron chi connectivity index (χ3n) is 4.22. The Morgan fingerprint density at radius 3 is 2.47 bits per heavy atom. The fourth-order valence-corrected chi connectivity index (χ4v) is 3.70. The van der Waals surface area contributed by atoms with Crippen LogP contribution in [-0.2, 0) is 6.61 Å². The summed E-state index contributed by atoms with van der Waals surface area (Å²) in [6.07, 6.45) is 1.75. The van der Waals surface area contributed by atoms with Crippen molar-refractivity contribution in [2.45, 2.75) is 6.61 Å². The minimum atomic E-state index is 0.530. The molecule has 150 valence electrons. The number of thiazole rings is 1. The normalized spacial score (nSPS) is 11.0. The molecule has 0 amide bonds. The predicted octanol–water partition coefficient (Wildman–Crippen LogP) is 7.25. The van der Waals surface area contributed by atoms with Gasteiger partial charge in [0.25, 0.3) is 0 Å². The molecule has 0 spiro atoms. The molecule has 30 heavy (non-hydrogen) atoms. The van der Waals surface area contributed by atoms with Gasteiger partial charge < -0.3 is 4.74 Å². The van der Waals surface area contributed by atoms with Crippen molar-refractivity contribution in [3.05, 3.63) is 98.8 Å². The quantitative estimate of drug-likeness (QED) is 0.216. The molecule has 1 heterocycles. The molecular formula is C23H17BrClN3OS. The van der Waals surface area contributed by atoms with Gasteiger partial charge in [-0.05, 0) is 59.7 Å². The van der Waals surface area contributed by atoms with Gasteiger partial charge in [-0.3, -0.25) is 5.43 Å². The molecule has 0 aliphatic rings. The lowest BCUT2D eigenvalue weighted by atomic mass is 10.2. The lowest BCUT2D eigenvalue weighted by Gasteiger charge is -2.06. The van der Waals surface area contributed by atoms with Crippen molar-refractivity contribution in [1.82, 2.24) is 4.98 Å². The number of nitrogens with one attached hydrogen (secondary N) is 1. The molecule has 1 aromatic heterocycles. The van der Waals surface area contributed by atoms with Gasteiger partial charge in [0.15, 0.2) is 0 Å². The average Bonchev–Trinajstić information content (AvgIpc) is 3.24. The molecule has 0 radical (unpaired) electrons. The zero-order chi connectivity index (χ0) is 20.8. The van der Waals surface area contributed by atoms with Crippen molar-refractivity contribution in [3.8, 4) is 17.0 Å². The minimum absolute atomic E-state index is 0.530. The van der Waals surface area contributed by atoms with Crippen molar-refractivity contribution in [2.75, 3.05) is 5.43 Å². The molecule has 0 saturated heterocycles. The summed E-state index contributed by atoms with van der Waals surface area (Å²) < 4.78 is 6.88. The monoisotopic (exact) mass is 497 g/mol. The Bertz CT molecular complexity index is 1130. The Morgan fingerprint density at radius 1 is 1.00 bits per heavy atom. The number of ether oxygens (including phenoxy) is 1. The SMILES string of the molecule is Clc1ccc(-c2csc(N/N=C\c3ccc(OCc4ccc(Br)cc4)cc3)n2)cc1. The van der Waals surface area contributed by atoms with Gasteiger partial charge in [-0.1, -0.05) is 51.8 Å². The molecule has 0 unspecified atom stereocenters. The van der Waals surface area contributed by atoms with Gasteiger partial charge in [0.05, 0.1) is 11.9 Å². The van der Waals surface area contributed by atoms with E-state index in [0.717, 1.165) is 37.7 Å². The highest BCUT2D eigenvalue weighted by Gasteiger charge is 2.04. The average molecular weight is 499 g/mol. The lowest BCUT2D eigenvalue weighted by molar-refractivity contribution is 0.306. The molecule has 0 saturated carbocycles. The standard InChI is InChI=1S/C23H17BrClN3OS/c24-19-7-1-17(2-8-19)14-29-21-11-3-16(4-12-21)13-26-28-23-27-22(15-30-23)18-5-9-20(25)10-6-18/h1-13,15H,14H2,(H,27,28)/b26-13-. The van der Waals surface area contributed by atoms with Crippen LogP contribution in [0, 0.1) is 0 Å². The molecule has 0 bridgehead atoms. The molecular weight excluding hydrogens is 482 g/mol. The molecule has 3 aromatic carbocycles. The predicted molar refractivity (Wildman–Crippen MR) is 129 cm³/mol. The first-order valence-electron chi connectivity index (χ1n) is 9.13. The van der Waals surface area contributed by atoms with E-state index in [2.05, 4.69) is 31.4 Å². The molecule has 0 aliphatic carbocycles. The van der Waals surface area contributed by atoms with E-state index < -0.39 is 0 Å². The van der Waals surface area contributed by atoms with Crippen molar-refractivity contribution in [3.63, 3.8) is 0 Å². The Morgan fingerprint density at radius 2 is 1.73 bits per heavy atom. The number of benzene rings is 3.